The first-order valence-electron chi connectivity index (χ1n) is 5.84. The van der Waals surface area contributed by atoms with Gasteiger partial charge in [-0.2, -0.15) is 0 Å². The number of hydrogen-bond acceptors (Lipinski definition) is 5. The van der Waals surface area contributed by atoms with Crippen molar-refractivity contribution in [1.29, 1.82) is 0 Å². The maximum atomic E-state index is 9.10. The lowest BCUT2D eigenvalue weighted by atomic mass is 10.2. The Morgan fingerprint density at radius 1 is 1.47 bits per heavy atom. The van der Waals surface area contributed by atoms with Gasteiger partial charge in [0.1, 0.15) is 0 Å². The molecule has 6 heteroatoms. The molecule has 1 saturated carbocycles. The predicted molar refractivity (Wildman–Crippen MR) is 73.5 cm³/mol. The Labute approximate surface area is 112 Å². The molecular formula is C11H20ClN3OS. The van der Waals surface area contributed by atoms with Crippen LogP contribution in [0.5, 0.6) is 0 Å². The fourth-order valence-electron chi connectivity index (χ4n) is 2.38. The Hall–Kier alpha value is -0.360. The highest BCUT2D eigenvalue weighted by Gasteiger charge is 2.22. The van der Waals surface area contributed by atoms with Crippen LogP contribution in [-0.2, 0) is 6.54 Å². The van der Waals surface area contributed by atoms with Crippen molar-refractivity contribution < 1.29 is 5.11 Å². The van der Waals surface area contributed by atoms with Crippen LogP contribution in [0.25, 0.3) is 0 Å². The Balaban J connectivity index is 0.00000144. The summed E-state index contributed by atoms with van der Waals surface area (Å²) in [5.74, 6) is 0. The van der Waals surface area contributed by atoms with Crippen LogP contribution in [0.1, 0.15) is 30.6 Å². The van der Waals surface area contributed by atoms with Crippen molar-refractivity contribution in [3.63, 3.8) is 0 Å². The van der Waals surface area contributed by atoms with Crippen molar-refractivity contribution in [2.24, 2.45) is 0 Å². The molecule has 1 aliphatic rings. The fourth-order valence-corrected chi connectivity index (χ4v) is 3.09. The van der Waals surface area contributed by atoms with E-state index in [0.29, 0.717) is 11.2 Å². The molecule has 0 bridgehead atoms. The molecule has 4 nitrogen and oxygen atoms in total. The molecule has 2 rings (SSSR count). The van der Waals surface area contributed by atoms with E-state index in [1.807, 2.05) is 6.20 Å². The van der Waals surface area contributed by atoms with E-state index in [1.165, 1.54) is 30.6 Å². The van der Waals surface area contributed by atoms with Gasteiger partial charge < -0.3 is 10.8 Å². The average molecular weight is 278 g/mol. The molecule has 0 aliphatic heterocycles. The SMILES string of the molecule is Cl.Nc1ncc(CN(CCO)C2CCCC2)s1. The molecule has 0 amide bonds. The number of aliphatic hydroxyl groups excluding tert-OH is 1. The van der Waals surface area contributed by atoms with E-state index in [-0.39, 0.29) is 19.0 Å². The summed E-state index contributed by atoms with van der Waals surface area (Å²) in [7, 11) is 0. The quantitative estimate of drug-likeness (QED) is 0.863. The summed E-state index contributed by atoms with van der Waals surface area (Å²) < 4.78 is 0. The molecule has 1 aromatic rings. The van der Waals surface area contributed by atoms with E-state index < -0.39 is 0 Å². The van der Waals surface area contributed by atoms with Gasteiger partial charge in [-0.1, -0.05) is 12.8 Å². The number of nitrogens with zero attached hydrogens (tertiary/aromatic N) is 2. The number of nitrogens with two attached hydrogens (primary N) is 1. The summed E-state index contributed by atoms with van der Waals surface area (Å²) in [5, 5.41) is 9.73. The summed E-state index contributed by atoms with van der Waals surface area (Å²) in [6, 6.07) is 0.635. The number of aromatic nitrogens is 1. The van der Waals surface area contributed by atoms with Crippen molar-refractivity contribution in [2.75, 3.05) is 18.9 Å². The number of nitrogen functional groups attached to an aromatic ring is 1. The van der Waals surface area contributed by atoms with Crippen LogP contribution in [0.4, 0.5) is 5.13 Å². The van der Waals surface area contributed by atoms with Crippen LogP contribution in [0.2, 0.25) is 0 Å². The Morgan fingerprint density at radius 2 is 2.18 bits per heavy atom. The first-order chi connectivity index (χ1) is 7.79. The van der Waals surface area contributed by atoms with Crippen molar-refractivity contribution in [2.45, 2.75) is 38.3 Å². The van der Waals surface area contributed by atoms with Crippen molar-refractivity contribution in [3.8, 4) is 0 Å². The minimum atomic E-state index is 0. The molecule has 1 aromatic heterocycles. The van der Waals surface area contributed by atoms with Gasteiger partial charge in [-0.05, 0) is 12.8 Å². The molecule has 0 aromatic carbocycles. The third-order valence-corrected chi connectivity index (χ3v) is 3.97. The highest BCUT2D eigenvalue weighted by molar-refractivity contribution is 7.15. The summed E-state index contributed by atoms with van der Waals surface area (Å²) in [6.45, 7) is 1.85. The van der Waals surface area contributed by atoms with Gasteiger partial charge >= 0.3 is 0 Å². The first kappa shape index (κ1) is 14.7. The summed E-state index contributed by atoms with van der Waals surface area (Å²) in [5.41, 5.74) is 5.62. The summed E-state index contributed by atoms with van der Waals surface area (Å²) >= 11 is 1.54. The zero-order valence-electron chi connectivity index (χ0n) is 9.84. The number of thiazole rings is 1. The van der Waals surface area contributed by atoms with Crippen LogP contribution in [0, 0.1) is 0 Å². The van der Waals surface area contributed by atoms with Gasteiger partial charge in [-0.25, -0.2) is 4.98 Å². The normalized spacial score (nSPS) is 16.4. The molecule has 1 fully saturated rings. The molecule has 0 unspecified atom stereocenters. The minimum Gasteiger partial charge on any atom is -0.395 e. The van der Waals surface area contributed by atoms with Crippen molar-refractivity contribution >= 4 is 28.9 Å². The lowest BCUT2D eigenvalue weighted by Gasteiger charge is -2.27. The van der Waals surface area contributed by atoms with E-state index in [0.717, 1.165) is 13.1 Å². The number of halogens is 1. The lowest BCUT2D eigenvalue weighted by Crippen LogP contribution is -2.34. The molecule has 17 heavy (non-hydrogen) atoms. The monoisotopic (exact) mass is 277 g/mol. The van der Waals surface area contributed by atoms with Crippen LogP contribution >= 0.6 is 23.7 Å². The molecule has 98 valence electrons. The third kappa shape index (κ3) is 4.10. The Kier molecular flexibility index (Phi) is 6.19. The van der Waals surface area contributed by atoms with Crippen LogP contribution < -0.4 is 5.73 Å². The molecule has 1 aliphatic carbocycles. The number of hydrogen-bond donors (Lipinski definition) is 2. The fraction of sp³-hybridized carbons (Fsp3) is 0.727. The van der Waals surface area contributed by atoms with Crippen molar-refractivity contribution in [3.05, 3.63) is 11.1 Å². The standard InChI is InChI=1S/C11H19N3OS.ClH/c12-11-13-7-10(16-11)8-14(5-6-15)9-3-1-2-4-9;/h7,9,15H,1-6,8H2,(H2,12,13);1H. The zero-order valence-corrected chi connectivity index (χ0v) is 11.5. The zero-order chi connectivity index (χ0) is 11.4. The van der Waals surface area contributed by atoms with Gasteiger partial charge in [-0.3, -0.25) is 4.90 Å². The van der Waals surface area contributed by atoms with E-state index in [1.54, 1.807) is 11.3 Å². The predicted octanol–water partition coefficient (Wildman–Crippen LogP) is 1.88. The lowest BCUT2D eigenvalue weighted by molar-refractivity contribution is 0.146. The summed E-state index contributed by atoms with van der Waals surface area (Å²) in [4.78, 5) is 7.62. The van der Waals surface area contributed by atoms with Crippen LogP contribution in [-0.4, -0.2) is 34.2 Å². The maximum absolute atomic E-state index is 9.10. The molecule has 0 saturated heterocycles. The maximum Gasteiger partial charge on any atom is 0.180 e. The molecule has 0 spiro atoms. The van der Waals surface area contributed by atoms with Crippen molar-refractivity contribution in [1.82, 2.24) is 9.88 Å². The molecule has 0 atom stereocenters. The molecule has 3 N–H and O–H groups in total. The van der Waals surface area contributed by atoms with E-state index >= 15 is 0 Å². The second kappa shape index (κ2) is 7.16. The van der Waals surface area contributed by atoms with Gasteiger partial charge in [0, 0.05) is 30.2 Å². The average Bonchev–Trinajstić information content (AvgIpc) is 2.88. The van der Waals surface area contributed by atoms with Gasteiger partial charge in [0.15, 0.2) is 5.13 Å². The molecule has 1 heterocycles. The molecule has 0 radical (unpaired) electrons. The Bertz CT molecular complexity index is 328. The van der Waals surface area contributed by atoms with Crippen LogP contribution in [0.3, 0.4) is 0 Å². The number of aliphatic hydroxyl groups is 1. The number of rotatable bonds is 5. The Morgan fingerprint density at radius 3 is 2.71 bits per heavy atom. The van der Waals surface area contributed by atoms with E-state index in [9.17, 15) is 0 Å². The highest BCUT2D eigenvalue weighted by atomic mass is 35.5. The topological polar surface area (TPSA) is 62.4 Å². The molecular weight excluding hydrogens is 258 g/mol. The van der Waals surface area contributed by atoms with Gasteiger partial charge in [-0.15, -0.1) is 23.7 Å². The van der Waals surface area contributed by atoms with Gasteiger partial charge in [0.25, 0.3) is 0 Å². The van der Waals surface area contributed by atoms with Crippen LogP contribution in [0.15, 0.2) is 6.20 Å². The second-order valence-electron chi connectivity index (χ2n) is 4.30. The second-order valence-corrected chi connectivity index (χ2v) is 5.44. The van der Waals surface area contributed by atoms with Gasteiger partial charge in [0.2, 0.25) is 0 Å². The highest BCUT2D eigenvalue weighted by Crippen LogP contribution is 2.26. The van der Waals surface area contributed by atoms with Gasteiger partial charge in [0.05, 0.1) is 6.61 Å². The van der Waals surface area contributed by atoms with E-state index in [4.69, 9.17) is 10.8 Å². The minimum absolute atomic E-state index is 0. The smallest absolute Gasteiger partial charge is 0.180 e. The number of anilines is 1. The largest absolute Gasteiger partial charge is 0.395 e. The summed E-state index contributed by atoms with van der Waals surface area (Å²) in [6.07, 6.45) is 7.00. The third-order valence-electron chi connectivity index (χ3n) is 3.16. The van der Waals surface area contributed by atoms with E-state index in [2.05, 4.69) is 9.88 Å². The first-order valence-corrected chi connectivity index (χ1v) is 6.66.